The number of hydrogen-bond acceptors (Lipinski definition) is 4. The monoisotopic (exact) mass is 352 g/mol. The van der Waals surface area contributed by atoms with Crippen molar-refractivity contribution in [3.63, 3.8) is 0 Å². The molecule has 1 fully saturated rings. The highest BCUT2D eigenvalue weighted by Crippen LogP contribution is 2.47. The van der Waals surface area contributed by atoms with Crippen molar-refractivity contribution in [2.45, 2.75) is 31.9 Å². The Morgan fingerprint density at radius 1 is 1.35 bits per heavy atom. The molecule has 26 heavy (non-hydrogen) atoms. The van der Waals surface area contributed by atoms with Gasteiger partial charge in [-0.15, -0.1) is 0 Å². The van der Waals surface area contributed by atoms with Crippen molar-refractivity contribution >= 4 is 16.9 Å². The van der Waals surface area contributed by atoms with Crippen LogP contribution in [-0.2, 0) is 20.7 Å². The lowest BCUT2D eigenvalue weighted by atomic mass is 9.72. The summed E-state index contributed by atoms with van der Waals surface area (Å²) in [7, 11) is 1.45. The van der Waals surface area contributed by atoms with Gasteiger partial charge in [0.1, 0.15) is 0 Å². The number of para-hydroxylation sites is 1. The van der Waals surface area contributed by atoms with Crippen LogP contribution in [0.2, 0.25) is 0 Å². The SMILES string of the molecule is COC(=O)C1=CO[C@@H](C)[C@H]2CN3CCc4c([nH]c5ccccc45)[C@H]3CC12. The molecule has 0 spiro atoms. The van der Waals surface area contributed by atoms with Gasteiger partial charge in [-0.25, -0.2) is 4.79 Å². The number of methoxy groups -OCH3 is 1. The average molecular weight is 352 g/mol. The van der Waals surface area contributed by atoms with E-state index in [0.29, 0.717) is 17.5 Å². The van der Waals surface area contributed by atoms with Crippen molar-refractivity contribution in [1.29, 1.82) is 0 Å². The Balaban J connectivity index is 1.55. The van der Waals surface area contributed by atoms with Gasteiger partial charge in [0.05, 0.1) is 31.1 Å². The summed E-state index contributed by atoms with van der Waals surface area (Å²) >= 11 is 0. The minimum Gasteiger partial charge on any atom is -0.497 e. The van der Waals surface area contributed by atoms with Gasteiger partial charge < -0.3 is 14.5 Å². The number of ether oxygens (including phenoxy) is 2. The number of nitrogens with one attached hydrogen (secondary N) is 1. The number of hydrogen-bond donors (Lipinski definition) is 1. The van der Waals surface area contributed by atoms with E-state index in [9.17, 15) is 4.79 Å². The number of carbonyl (C=O) groups is 1. The van der Waals surface area contributed by atoms with Gasteiger partial charge in [0, 0.05) is 41.5 Å². The molecule has 3 aliphatic rings. The van der Waals surface area contributed by atoms with Gasteiger partial charge in [0.15, 0.2) is 0 Å². The molecule has 0 amide bonds. The highest BCUT2D eigenvalue weighted by molar-refractivity contribution is 5.89. The highest BCUT2D eigenvalue weighted by Gasteiger charge is 2.46. The van der Waals surface area contributed by atoms with E-state index in [1.54, 1.807) is 6.26 Å². The Morgan fingerprint density at radius 2 is 2.19 bits per heavy atom. The van der Waals surface area contributed by atoms with E-state index >= 15 is 0 Å². The van der Waals surface area contributed by atoms with Crippen LogP contribution in [0, 0.1) is 11.8 Å². The molecule has 1 unspecified atom stereocenters. The molecule has 5 nitrogen and oxygen atoms in total. The Hall–Kier alpha value is -2.27. The normalized spacial score (nSPS) is 30.6. The maximum atomic E-state index is 12.3. The van der Waals surface area contributed by atoms with Crippen LogP contribution in [0.3, 0.4) is 0 Å². The fourth-order valence-corrected chi connectivity index (χ4v) is 5.19. The smallest absolute Gasteiger partial charge is 0.337 e. The van der Waals surface area contributed by atoms with Crippen molar-refractivity contribution in [1.82, 2.24) is 9.88 Å². The zero-order valence-electron chi connectivity index (χ0n) is 15.2. The number of carbonyl (C=O) groups excluding carboxylic acids is 1. The molecule has 0 saturated carbocycles. The van der Waals surface area contributed by atoms with Gasteiger partial charge in [-0.05, 0) is 31.4 Å². The number of H-pyrrole nitrogens is 1. The zero-order chi connectivity index (χ0) is 17.8. The Bertz CT molecular complexity index is 900. The predicted molar refractivity (Wildman–Crippen MR) is 98.6 cm³/mol. The number of piperidine rings is 1. The van der Waals surface area contributed by atoms with Crippen molar-refractivity contribution in [3.8, 4) is 0 Å². The maximum absolute atomic E-state index is 12.3. The predicted octanol–water partition coefficient (Wildman–Crippen LogP) is 3.18. The quantitative estimate of drug-likeness (QED) is 0.801. The van der Waals surface area contributed by atoms with Crippen molar-refractivity contribution in [3.05, 3.63) is 47.4 Å². The van der Waals surface area contributed by atoms with E-state index in [1.165, 1.54) is 29.3 Å². The van der Waals surface area contributed by atoms with Crippen LogP contribution in [0.1, 0.15) is 30.6 Å². The van der Waals surface area contributed by atoms with Crippen LogP contribution < -0.4 is 0 Å². The van der Waals surface area contributed by atoms with E-state index in [-0.39, 0.29) is 18.0 Å². The molecular weight excluding hydrogens is 328 g/mol. The third-order valence-corrected chi connectivity index (χ3v) is 6.54. The van der Waals surface area contributed by atoms with Gasteiger partial charge in [-0.2, -0.15) is 0 Å². The molecule has 1 aromatic heterocycles. The molecule has 0 bridgehead atoms. The van der Waals surface area contributed by atoms with Gasteiger partial charge >= 0.3 is 5.97 Å². The van der Waals surface area contributed by atoms with Crippen LogP contribution in [0.15, 0.2) is 36.1 Å². The largest absolute Gasteiger partial charge is 0.497 e. The number of fused-ring (bicyclic) bond motifs is 6. The van der Waals surface area contributed by atoms with Crippen molar-refractivity contribution in [2.24, 2.45) is 11.8 Å². The topological polar surface area (TPSA) is 54.6 Å². The minimum atomic E-state index is -0.256. The molecule has 4 heterocycles. The number of rotatable bonds is 1. The van der Waals surface area contributed by atoms with Crippen LogP contribution in [-0.4, -0.2) is 42.2 Å². The zero-order valence-corrected chi connectivity index (χ0v) is 15.2. The first-order valence-electron chi connectivity index (χ1n) is 9.44. The number of aromatic nitrogens is 1. The lowest BCUT2D eigenvalue weighted by Gasteiger charge is -2.49. The standard InChI is InChI=1S/C21H24N2O3/c1-12-16-10-23-8-7-14-13-5-3-4-6-18(13)22-20(14)19(23)9-15(16)17(11-26-12)21(24)25-2/h3-6,11-12,15-16,19,22H,7-10H2,1-2H3/t12-,15?,16+,19+/m0/s1. The second kappa shape index (κ2) is 5.88. The first kappa shape index (κ1) is 15.9. The molecule has 5 heteroatoms. The summed E-state index contributed by atoms with van der Waals surface area (Å²) in [6.07, 6.45) is 3.77. The molecule has 136 valence electrons. The Morgan fingerprint density at radius 3 is 3.04 bits per heavy atom. The van der Waals surface area contributed by atoms with Crippen LogP contribution >= 0.6 is 0 Å². The molecular formula is C21H24N2O3. The van der Waals surface area contributed by atoms with Crippen molar-refractivity contribution < 1.29 is 14.3 Å². The molecule has 0 radical (unpaired) electrons. The second-order valence-electron chi connectivity index (χ2n) is 7.74. The third kappa shape index (κ3) is 2.23. The highest BCUT2D eigenvalue weighted by atomic mass is 16.5. The van der Waals surface area contributed by atoms with Crippen LogP contribution in [0.4, 0.5) is 0 Å². The number of nitrogens with zero attached hydrogens (tertiary/aromatic N) is 1. The van der Waals surface area contributed by atoms with E-state index in [2.05, 4.69) is 41.1 Å². The molecule has 3 aliphatic heterocycles. The summed E-state index contributed by atoms with van der Waals surface area (Å²) in [5.74, 6) is 0.258. The first-order valence-corrected chi connectivity index (χ1v) is 9.44. The number of aromatic amines is 1. The number of benzene rings is 1. The lowest BCUT2D eigenvalue weighted by molar-refractivity contribution is -0.139. The Labute approximate surface area is 153 Å². The average Bonchev–Trinajstić information content (AvgIpc) is 3.06. The summed E-state index contributed by atoms with van der Waals surface area (Å²) < 4.78 is 10.8. The Kier molecular flexibility index (Phi) is 3.60. The van der Waals surface area contributed by atoms with E-state index in [1.807, 2.05) is 0 Å². The van der Waals surface area contributed by atoms with Gasteiger partial charge in [-0.3, -0.25) is 4.90 Å². The summed E-state index contributed by atoms with van der Waals surface area (Å²) in [6.45, 7) is 4.13. The molecule has 2 aromatic rings. The molecule has 1 aromatic carbocycles. The van der Waals surface area contributed by atoms with E-state index in [4.69, 9.17) is 9.47 Å². The third-order valence-electron chi connectivity index (χ3n) is 6.54. The fourth-order valence-electron chi connectivity index (χ4n) is 5.19. The number of esters is 1. The first-order chi connectivity index (χ1) is 12.7. The maximum Gasteiger partial charge on any atom is 0.337 e. The molecule has 1 N–H and O–H groups in total. The molecule has 5 rings (SSSR count). The van der Waals surface area contributed by atoms with Gasteiger partial charge in [0.2, 0.25) is 0 Å². The van der Waals surface area contributed by atoms with Crippen molar-refractivity contribution in [2.75, 3.05) is 20.2 Å². The summed E-state index contributed by atoms with van der Waals surface area (Å²) in [6, 6.07) is 8.88. The van der Waals surface area contributed by atoms with Gasteiger partial charge in [0.25, 0.3) is 0 Å². The second-order valence-corrected chi connectivity index (χ2v) is 7.74. The summed E-state index contributed by atoms with van der Waals surface area (Å²) in [5.41, 5.74) is 4.69. The lowest BCUT2D eigenvalue weighted by Crippen LogP contribution is -2.51. The fraction of sp³-hybridized carbons (Fsp3) is 0.476. The van der Waals surface area contributed by atoms with Gasteiger partial charge in [-0.1, -0.05) is 18.2 Å². The molecule has 1 saturated heterocycles. The van der Waals surface area contributed by atoms with E-state index < -0.39 is 0 Å². The minimum absolute atomic E-state index is 0.124. The summed E-state index contributed by atoms with van der Waals surface area (Å²) in [4.78, 5) is 18.5. The molecule has 0 aliphatic carbocycles. The van der Waals surface area contributed by atoms with E-state index in [0.717, 1.165) is 25.9 Å². The van der Waals surface area contributed by atoms with Crippen LogP contribution in [0.25, 0.3) is 10.9 Å². The van der Waals surface area contributed by atoms with Crippen LogP contribution in [0.5, 0.6) is 0 Å². The molecule has 4 atom stereocenters. The summed E-state index contributed by atoms with van der Waals surface area (Å²) in [5, 5.41) is 1.34.